The zero-order valence-electron chi connectivity index (χ0n) is 15.3. The number of hydrogen-bond acceptors (Lipinski definition) is 2. The van der Waals surface area contributed by atoms with Gasteiger partial charge in [0.05, 0.1) is 23.4 Å². The molecule has 1 N–H and O–H groups in total. The highest BCUT2D eigenvalue weighted by Gasteiger charge is 2.41. The Morgan fingerprint density at radius 3 is 2.38 bits per heavy atom. The number of carbonyl (C=O) groups is 1. The van der Waals surface area contributed by atoms with Gasteiger partial charge in [0, 0.05) is 6.54 Å². The lowest BCUT2D eigenvalue weighted by molar-refractivity contribution is -0.145. The molecule has 1 aromatic carbocycles. The van der Waals surface area contributed by atoms with E-state index in [0.717, 1.165) is 42.3 Å². The van der Waals surface area contributed by atoms with Crippen LogP contribution in [-0.2, 0) is 18.9 Å². The lowest BCUT2D eigenvalue weighted by Crippen LogP contribution is -2.28. The number of aromatic nitrogens is 2. The first-order valence-electron chi connectivity index (χ1n) is 9.16. The van der Waals surface area contributed by atoms with Gasteiger partial charge in [0.15, 0.2) is 5.69 Å². The summed E-state index contributed by atoms with van der Waals surface area (Å²) in [5, 5.41) is 6.08. The van der Waals surface area contributed by atoms with Crippen molar-refractivity contribution < 1.29 is 31.1 Å². The van der Waals surface area contributed by atoms with Crippen LogP contribution in [0.15, 0.2) is 30.5 Å². The van der Waals surface area contributed by atoms with Gasteiger partial charge in [-0.25, -0.2) is 0 Å². The number of amides is 1. The maximum absolute atomic E-state index is 13.6. The van der Waals surface area contributed by atoms with E-state index in [1.54, 1.807) is 0 Å². The zero-order chi connectivity index (χ0) is 21.2. The van der Waals surface area contributed by atoms with Crippen molar-refractivity contribution in [2.75, 3.05) is 0 Å². The molecule has 2 aromatic rings. The summed E-state index contributed by atoms with van der Waals surface area (Å²) in [7, 11) is 0. The first-order valence-corrected chi connectivity index (χ1v) is 9.16. The van der Waals surface area contributed by atoms with Gasteiger partial charge in [0.2, 0.25) is 0 Å². The fourth-order valence-corrected chi connectivity index (χ4v) is 3.55. The van der Waals surface area contributed by atoms with Crippen LogP contribution in [0.3, 0.4) is 0 Å². The Kier molecular flexibility index (Phi) is 5.90. The Morgan fingerprint density at radius 1 is 1.07 bits per heavy atom. The summed E-state index contributed by atoms with van der Waals surface area (Å²) in [4.78, 5) is 12.4. The number of rotatable bonds is 4. The van der Waals surface area contributed by atoms with Crippen molar-refractivity contribution >= 4 is 5.91 Å². The second kappa shape index (κ2) is 8.08. The molecular weight excluding hydrogens is 400 g/mol. The molecule has 1 fully saturated rings. The second-order valence-electron chi connectivity index (χ2n) is 7.02. The van der Waals surface area contributed by atoms with Gasteiger partial charge in [-0.15, -0.1) is 0 Å². The molecule has 1 aromatic heterocycles. The summed E-state index contributed by atoms with van der Waals surface area (Å²) in [5.41, 5.74) is -2.52. The standard InChI is InChI=1S/C19H19F6N3O/c20-18(21,22)13-6-4-5-12(9-13)10-26-17(29)15-11-27-28(16(15)19(23,24)25)14-7-2-1-3-8-14/h4-6,9,11,14H,1-3,7-8,10H2,(H,26,29). The second-order valence-corrected chi connectivity index (χ2v) is 7.02. The molecule has 3 rings (SSSR count). The molecule has 1 heterocycles. The van der Waals surface area contributed by atoms with Crippen molar-refractivity contribution in [2.24, 2.45) is 0 Å². The van der Waals surface area contributed by atoms with Gasteiger partial charge >= 0.3 is 12.4 Å². The van der Waals surface area contributed by atoms with Crippen LogP contribution in [0.5, 0.6) is 0 Å². The van der Waals surface area contributed by atoms with Crippen LogP contribution in [0, 0.1) is 0 Å². The van der Waals surface area contributed by atoms with Gasteiger partial charge < -0.3 is 5.32 Å². The fraction of sp³-hybridized carbons (Fsp3) is 0.474. The van der Waals surface area contributed by atoms with E-state index in [-0.39, 0.29) is 12.1 Å². The normalized spacial score (nSPS) is 16.1. The highest BCUT2D eigenvalue weighted by atomic mass is 19.4. The SMILES string of the molecule is O=C(NCc1cccc(C(F)(F)F)c1)c1cnn(C2CCCCC2)c1C(F)(F)F. The minimum absolute atomic E-state index is 0.126. The number of alkyl halides is 6. The van der Waals surface area contributed by atoms with Crippen LogP contribution < -0.4 is 5.32 Å². The molecule has 0 atom stereocenters. The minimum atomic E-state index is -4.78. The summed E-state index contributed by atoms with van der Waals surface area (Å²) in [6.07, 6.45) is -4.83. The summed E-state index contributed by atoms with van der Waals surface area (Å²) in [6.45, 7) is -0.339. The molecule has 158 valence electrons. The number of nitrogens with one attached hydrogen (secondary N) is 1. The van der Waals surface area contributed by atoms with E-state index in [1.807, 2.05) is 0 Å². The van der Waals surface area contributed by atoms with E-state index in [4.69, 9.17) is 0 Å². The first-order chi connectivity index (χ1) is 13.6. The number of carbonyl (C=O) groups excluding carboxylic acids is 1. The predicted molar refractivity (Wildman–Crippen MR) is 92.0 cm³/mol. The van der Waals surface area contributed by atoms with Gasteiger partial charge in [-0.3, -0.25) is 9.48 Å². The topological polar surface area (TPSA) is 46.9 Å². The maximum Gasteiger partial charge on any atom is 0.433 e. The van der Waals surface area contributed by atoms with E-state index < -0.39 is 41.1 Å². The Hall–Kier alpha value is -2.52. The molecule has 29 heavy (non-hydrogen) atoms. The van der Waals surface area contributed by atoms with Crippen molar-refractivity contribution in [2.45, 2.75) is 57.0 Å². The van der Waals surface area contributed by atoms with Crippen LogP contribution in [0.1, 0.15) is 65.3 Å². The van der Waals surface area contributed by atoms with Crippen LogP contribution in [-0.4, -0.2) is 15.7 Å². The maximum atomic E-state index is 13.6. The van der Waals surface area contributed by atoms with E-state index in [0.29, 0.717) is 12.8 Å². The first kappa shape index (κ1) is 21.2. The Labute approximate surface area is 162 Å². The van der Waals surface area contributed by atoms with Crippen molar-refractivity contribution in [1.82, 2.24) is 15.1 Å². The summed E-state index contributed by atoms with van der Waals surface area (Å²) in [5.74, 6) is -1.03. The molecule has 1 aliphatic carbocycles. The van der Waals surface area contributed by atoms with E-state index in [9.17, 15) is 31.1 Å². The number of halogens is 6. The molecule has 0 radical (unpaired) electrons. The van der Waals surface area contributed by atoms with Crippen molar-refractivity contribution in [3.8, 4) is 0 Å². The predicted octanol–water partition coefficient (Wildman–Crippen LogP) is 5.36. The Balaban J connectivity index is 1.80. The molecule has 0 bridgehead atoms. The van der Waals surface area contributed by atoms with Gasteiger partial charge in [0.1, 0.15) is 0 Å². The van der Waals surface area contributed by atoms with E-state index in [2.05, 4.69) is 10.4 Å². The number of benzene rings is 1. The van der Waals surface area contributed by atoms with Gasteiger partial charge in [-0.05, 0) is 30.5 Å². The average Bonchev–Trinajstić information content (AvgIpc) is 3.12. The van der Waals surface area contributed by atoms with Crippen LogP contribution >= 0.6 is 0 Å². The zero-order valence-corrected chi connectivity index (χ0v) is 15.3. The van der Waals surface area contributed by atoms with Gasteiger partial charge in [-0.2, -0.15) is 31.4 Å². The highest BCUT2D eigenvalue weighted by Crippen LogP contribution is 2.37. The third-order valence-electron chi connectivity index (χ3n) is 4.94. The number of hydrogen-bond donors (Lipinski definition) is 1. The van der Waals surface area contributed by atoms with E-state index in [1.165, 1.54) is 12.1 Å². The molecule has 0 unspecified atom stereocenters. The summed E-state index contributed by atoms with van der Waals surface area (Å²) < 4.78 is 80.1. The van der Waals surface area contributed by atoms with Crippen molar-refractivity contribution in [1.29, 1.82) is 0 Å². The van der Waals surface area contributed by atoms with Gasteiger partial charge in [0.25, 0.3) is 5.91 Å². The van der Waals surface area contributed by atoms with Crippen molar-refractivity contribution in [3.05, 3.63) is 52.8 Å². The third-order valence-corrected chi connectivity index (χ3v) is 4.94. The Bertz CT molecular complexity index is 866. The third kappa shape index (κ3) is 4.91. The van der Waals surface area contributed by atoms with Crippen molar-refractivity contribution in [3.63, 3.8) is 0 Å². The van der Waals surface area contributed by atoms with Crippen LogP contribution in [0.4, 0.5) is 26.3 Å². The largest absolute Gasteiger partial charge is 0.433 e. The molecule has 4 nitrogen and oxygen atoms in total. The molecule has 1 amide bonds. The fourth-order valence-electron chi connectivity index (χ4n) is 3.55. The molecular formula is C19H19F6N3O. The summed E-state index contributed by atoms with van der Waals surface area (Å²) >= 11 is 0. The lowest BCUT2D eigenvalue weighted by Gasteiger charge is -2.24. The molecule has 1 aliphatic rings. The van der Waals surface area contributed by atoms with Crippen LogP contribution in [0.2, 0.25) is 0 Å². The lowest BCUT2D eigenvalue weighted by atomic mass is 9.95. The van der Waals surface area contributed by atoms with Crippen LogP contribution in [0.25, 0.3) is 0 Å². The quantitative estimate of drug-likeness (QED) is 0.679. The smallest absolute Gasteiger partial charge is 0.348 e. The molecule has 1 saturated carbocycles. The van der Waals surface area contributed by atoms with Gasteiger partial charge in [-0.1, -0.05) is 31.4 Å². The molecule has 0 aliphatic heterocycles. The Morgan fingerprint density at radius 2 is 1.76 bits per heavy atom. The summed E-state index contributed by atoms with van der Waals surface area (Å²) in [6, 6.07) is 3.82. The minimum Gasteiger partial charge on any atom is -0.348 e. The highest BCUT2D eigenvalue weighted by molar-refractivity contribution is 5.95. The number of nitrogens with zero attached hydrogens (tertiary/aromatic N) is 2. The molecule has 0 saturated heterocycles. The van der Waals surface area contributed by atoms with E-state index >= 15 is 0 Å². The average molecular weight is 419 g/mol. The monoisotopic (exact) mass is 419 g/mol. The molecule has 0 spiro atoms. The molecule has 10 heteroatoms.